The average molecular weight is 258 g/mol. The van der Waals surface area contributed by atoms with Crippen LogP contribution in [-0.2, 0) is 9.84 Å². The summed E-state index contributed by atoms with van der Waals surface area (Å²) in [5.41, 5.74) is 11.1. The molecule has 0 bridgehead atoms. The number of halogens is 1. The van der Waals surface area contributed by atoms with Gasteiger partial charge in [-0.15, -0.1) is 0 Å². The molecule has 1 saturated carbocycles. The summed E-state index contributed by atoms with van der Waals surface area (Å²) in [6.45, 7) is 0.0614. The standard InChI is InChI=1S/C11H15FN2O2S/c1-17(15,16)10-9(11(10,14)6-13)7-3-2-4-8(12)5-7/h2-5,9-10H,6,13-14H2,1H3/t9-,10+,11+/m1/s1. The lowest BCUT2D eigenvalue weighted by atomic mass is 10.1. The van der Waals surface area contributed by atoms with Crippen LogP contribution in [0.25, 0.3) is 0 Å². The van der Waals surface area contributed by atoms with Gasteiger partial charge in [0.1, 0.15) is 5.82 Å². The molecular formula is C11H15FN2O2S. The van der Waals surface area contributed by atoms with Crippen molar-refractivity contribution >= 4 is 9.84 Å². The van der Waals surface area contributed by atoms with E-state index in [1.54, 1.807) is 12.1 Å². The molecule has 0 aliphatic heterocycles. The molecule has 17 heavy (non-hydrogen) atoms. The van der Waals surface area contributed by atoms with E-state index in [1.807, 2.05) is 0 Å². The van der Waals surface area contributed by atoms with Crippen LogP contribution in [0.15, 0.2) is 24.3 Å². The molecule has 0 aromatic heterocycles. The molecule has 1 aliphatic carbocycles. The van der Waals surface area contributed by atoms with E-state index < -0.39 is 32.4 Å². The van der Waals surface area contributed by atoms with Crippen LogP contribution in [-0.4, -0.2) is 32.0 Å². The van der Waals surface area contributed by atoms with Gasteiger partial charge in [-0.2, -0.15) is 0 Å². The number of nitrogens with two attached hydrogens (primary N) is 2. The van der Waals surface area contributed by atoms with Crippen molar-refractivity contribution in [2.45, 2.75) is 16.7 Å². The Balaban J connectivity index is 2.41. The lowest BCUT2D eigenvalue weighted by Gasteiger charge is -2.07. The van der Waals surface area contributed by atoms with Gasteiger partial charge >= 0.3 is 0 Å². The van der Waals surface area contributed by atoms with Crippen molar-refractivity contribution in [3.05, 3.63) is 35.6 Å². The molecular weight excluding hydrogens is 243 g/mol. The first-order valence-corrected chi connectivity index (χ1v) is 7.19. The molecule has 94 valence electrons. The third-order valence-electron chi connectivity index (χ3n) is 3.32. The Kier molecular flexibility index (Phi) is 2.76. The first-order valence-electron chi connectivity index (χ1n) is 5.24. The molecule has 1 aliphatic rings. The zero-order valence-corrected chi connectivity index (χ0v) is 10.2. The van der Waals surface area contributed by atoms with Crippen molar-refractivity contribution in [3.8, 4) is 0 Å². The monoisotopic (exact) mass is 258 g/mol. The fraction of sp³-hybridized carbons (Fsp3) is 0.455. The molecule has 0 heterocycles. The molecule has 6 heteroatoms. The zero-order chi connectivity index (χ0) is 12.8. The maximum Gasteiger partial charge on any atom is 0.152 e. The largest absolute Gasteiger partial charge is 0.329 e. The highest BCUT2D eigenvalue weighted by Gasteiger charge is 2.67. The molecule has 0 saturated heterocycles. The highest BCUT2D eigenvalue weighted by atomic mass is 32.2. The molecule has 2 rings (SSSR count). The SMILES string of the molecule is CS(=O)(=O)[C@H]1[C@@H](c2cccc(F)c2)[C@@]1(N)CN. The van der Waals surface area contributed by atoms with Crippen LogP contribution < -0.4 is 11.5 Å². The van der Waals surface area contributed by atoms with Crippen molar-refractivity contribution in [2.75, 3.05) is 12.8 Å². The Bertz CT molecular complexity index is 546. The lowest BCUT2D eigenvalue weighted by Crippen LogP contribution is -2.38. The summed E-state index contributed by atoms with van der Waals surface area (Å²) in [5, 5.41) is -0.721. The second-order valence-electron chi connectivity index (χ2n) is 4.60. The number of rotatable bonds is 3. The Hall–Kier alpha value is -0.980. The molecule has 1 fully saturated rings. The summed E-state index contributed by atoms with van der Waals surface area (Å²) in [4.78, 5) is 0. The van der Waals surface area contributed by atoms with Crippen molar-refractivity contribution in [3.63, 3.8) is 0 Å². The van der Waals surface area contributed by atoms with Gasteiger partial charge in [0.15, 0.2) is 9.84 Å². The van der Waals surface area contributed by atoms with E-state index in [4.69, 9.17) is 11.5 Å². The Labute approximate surface area is 99.7 Å². The van der Waals surface area contributed by atoms with Gasteiger partial charge in [0, 0.05) is 18.7 Å². The van der Waals surface area contributed by atoms with E-state index >= 15 is 0 Å². The topological polar surface area (TPSA) is 86.2 Å². The van der Waals surface area contributed by atoms with Gasteiger partial charge in [-0.3, -0.25) is 0 Å². The van der Waals surface area contributed by atoms with Crippen LogP contribution in [0.3, 0.4) is 0 Å². The Morgan fingerprint density at radius 2 is 2.12 bits per heavy atom. The summed E-state index contributed by atoms with van der Waals surface area (Å²) < 4.78 is 36.3. The molecule has 1 aromatic carbocycles. The fourth-order valence-electron chi connectivity index (χ4n) is 2.50. The second-order valence-corrected chi connectivity index (χ2v) is 6.77. The van der Waals surface area contributed by atoms with Crippen molar-refractivity contribution in [1.82, 2.24) is 0 Å². The smallest absolute Gasteiger partial charge is 0.152 e. The Morgan fingerprint density at radius 1 is 1.47 bits per heavy atom. The highest BCUT2D eigenvalue weighted by Crippen LogP contribution is 2.53. The summed E-state index contributed by atoms with van der Waals surface area (Å²) in [6.07, 6.45) is 1.13. The number of hydrogen-bond donors (Lipinski definition) is 2. The molecule has 4 N–H and O–H groups in total. The van der Waals surface area contributed by atoms with Gasteiger partial charge in [0.25, 0.3) is 0 Å². The van der Waals surface area contributed by atoms with E-state index in [0.717, 1.165) is 6.26 Å². The van der Waals surface area contributed by atoms with Gasteiger partial charge < -0.3 is 11.5 Å². The first kappa shape index (κ1) is 12.5. The van der Waals surface area contributed by atoms with E-state index in [9.17, 15) is 12.8 Å². The van der Waals surface area contributed by atoms with Crippen LogP contribution in [0.1, 0.15) is 11.5 Å². The minimum absolute atomic E-state index is 0.0614. The predicted molar refractivity (Wildman–Crippen MR) is 63.7 cm³/mol. The van der Waals surface area contributed by atoms with Gasteiger partial charge in [-0.05, 0) is 17.7 Å². The predicted octanol–water partition coefficient (Wildman–Crippen LogP) is -0.00770. The third kappa shape index (κ3) is 1.96. The average Bonchev–Trinajstić information content (AvgIpc) is 2.86. The van der Waals surface area contributed by atoms with Gasteiger partial charge in [-0.1, -0.05) is 12.1 Å². The maximum absolute atomic E-state index is 13.1. The molecule has 0 spiro atoms. The summed E-state index contributed by atoms with van der Waals surface area (Å²) in [5.74, 6) is -0.820. The van der Waals surface area contributed by atoms with Crippen molar-refractivity contribution in [2.24, 2.45) is 11.5 Å². The van der Waals surface area contributed by atoms with Crippen molar-refractivity contribution in [1.29, 1.82) is 0 Å². The molecule has 1 aromatic rings. The minimum Gasteiger partial charge on any atom is -0.329 e. The van der Waals surface area contributed by atoms with E-state index in [1.165, 1.54) is 12.1 Å². The Morgan fingerprint density at radius 3 is 2.53 bits per heavy atom. The van der Waals surface area contributed by atoms with Gasteiger partial charge in [0.05, 0.1) is 10.8 Å². The number of hydrogen-bond acceptors (Lipinski definition) is 4. The molecule has 0 unspecified atom stereocenters. The van der Waals surface area contributed by atoms with E-state index in [0.29, 0.717) is 5.56 Å². The number of sulfone groups is 1. The fourth-order valence-corrected chi connectivity index (χ4v) is 4.36. The second kappa shape index (κ2) is 3.76. The van der Waals surface area contributed by atoms with Crippen LogP contribution in [0.5, 0.6) is 0 Å². The number of benzene rings is 1. The van der Waals surface area contributed by atoms with Crippen LogP contribution in [0.4, 0.5) is 4.39 Å². The molecule has 0 amide bonds. The third-order valence-corrected chi connectivity index (χ3v) is 4.96. The van der Waals surface area contributed by atoms with E-state index in [2.05, 4.69) is 0 Å². The zero-order valence-electron chi connectivity index (χ0n) is 9.43. The van der Waals surface area contributed by atoms with E-state index in [-0.39, 0.29) is 6.54 Å². The van der Waals surface area contributed by atoms with Gasteiger partial charge in [0.2, 0.25) is 0 Å². The highest BCUT2D eigenvalue weighted by molar-refractivity contribution is 7.91. The van der Waals surface area contributed by atoms with Crippen molar-refractivity contribution < 1.29 is 12.8 Å². The molecule has 3 atom stereocenters. The van der Waals surface area contributed by atoms with Crippen LogP contribution in [0, 0.1) is 5.82 Å². The minimum atomic E-state index is -3.29. The maximum atomic E-state index is 13.1. The van der Waals surface area contributed by atoms with Gasteiger partial charge in [-0.25, -0.2) is 12.8 Å². The summed E-state index contributed by atoms with van der Waals surface area (Å²) in [6, 6.07) is 5.84. The lowest BCUT2D eigenvalue weighted by molar-refractivity contribution is 0.591. The normalized spacial score (nSPS) is 32.5. The molecule has 4 nitrogen and oxygen atoms in total. The summed E-state index contributed by atoms with van der Waals surface area (Å²) >= 11 is 0. The van der Waals surface area contributed by atoms with Crippen LogP contribution in [0.2, 0.25) is 0 Å². The molecule has 0 radical (unpaired) electrons. The van der Waals surface area contributed by atoms with Crippen LogP contribution >= 0.6 is 0 Å². The first-order chi connectivity index (χ1) is 7.80. The quantitative estimate of drug-likeness (QED) is 0.798. The summed E-state index contributed by atoms with van der Waals surface area (Å²) in [7, 11) is -3.29.